The van der Waals surface area contributed by atoms with Gasteiger partial charge in [-0.25, -0.2) is 4.98 Å². The molecule has 0 spiro atoms. The third-order valence-electron chi connectivity index (χ3n) is 3.94. The minimum absolute atomic E-state index is 1.03. The van der Waals surface area contributed by atoms with Gasteiger partial charge in [-0.15, -0.1) is 0 Å². The van der Waals surface area contributed by atoms with Crippen LogP contribution >= 0.6 is 0 Å². The molecule has 0 fully saturated rings. The van der Waals surface area contributed by atoms with E-state index in [1.54, 1.807) is 0 Å². The van der Waals surface area contributed by atoms with Gasteiger partial charge in [0.2, 0.25) is 0 Å². The third-order valence-corrected chi connectivity index (χ3v) is 3.94. The fraction of sp³-hybridized carbons (Fsp3) is 0.235. The van der Waals surface area contributed by atoms with E-state index in [2.05, 4.69) is 52.8 Å². The van der Waals surface area contributed by atoms with Crippen molar-refractivity contribution < 1.29 is 0 Å². The molecule has 0 saturated carbocycles. The van der Waals surface area contributed by atoms with Crippen molar-refractivity contribution in [2.24, 2.45) is 0 Å². The maximum atomic E-state index is 4.80. The van der Waals surface area contributed by atoms with Crippen molar-refractivity contribution in [2.75, 3.05) is 0 Å². The molecule has 0 aliphatic heterocycles. The third kappa shape index (κ3) is 1.63. The van der Waals surface area contributed by atoms with Crippen molar-refractivity contribution in [3.05, 3.63) is 48.2 Å². The highest BCUT2D eigenvalue weighted by Crippen LogP contribution is 2.26. The molecule has 1 aromatic carbocycles. The van der Waals surface area contributed by atoms with Crippen molar-refractivity contribution >= 4 is 27.7 Å². The number of pyridine rings is 1. The SMILES string of the molecule is CCCCc1ccn2c(c1)nc1c3ccccc3[nH]c12. The molecule has 3 heterocycles. The average Bonchev–Trinajstić information content (AvgIpc) is 3.00. The highest BCUT2D eigenvalue weighted by atomic mass is 15.1. The van der Waals surface area contributed by atoms with Crippen LogP contribution in [0.4, 0.5) is 0 Å². The van der Waals surface area contributed by atoms with E-state index in [1.807, 2.05) is 6.07 Å². The summed E-state index contributed by atoms with van der Waals surface area (Å²) >= 11 is 0. The number of H-pyrrole nitrogens is 1. The molecule has 0 radical (unpaired) electrons. The maximum Gasteiger partial charge on any atom is 0.143 e. The first-order chi connectivity index (χ1) is 9.86. The van der Waals surface area contributed by atoms with Crippen molar-refractivity contribution in [3.8, 4) is 0 Å². The van der Waals surface area contributed by atoms with E-state index in [1.165, 1.54) is 23.8 Å². The molecule has 100 valence electrons. The number of nitrogens with one attached hydrogen (secondary N) is 1. The van der Waals surface area contributed by atoms with Gasteiger partial charge in [-0.05, 0) is 36.6 Å². The summed E-state index contributed by atoms with van der Waals surface area (Å²) in [5.41, 5.74) is 5.70. The van der Waals surface area contributed by atoms with Crippen LogP contribution in [0.15, 0.2) is 42.6 Å². The summed E-state index contributed by atoms with van der Waals surface area (Å²) in [5.74, 6) is 0. The fourth-order valence-electron chi connectivity index (χ4n) is 2.86. The smallest absolute Gasteiger partial charge is 0.143 e. The summed E-state index contributed by atoms with van der Waals surface area (Å²) in [6, 6.07) is 12.7. The minimum atomic E-state index is 1.03. The molecule has 0 unspecified atom stereocenters. The first-order valence-corrected chi connectivity index (χ1v) is 7.24. The number of aryl methyl sites for hydroxylation is 1. The largest absolute Gasteiger partial charge is 0.339 e. The highest BCUT2D eigenvalue weighted by Gasteiger charge is 2.10. The van der Waals surface area contributed by atoms with E-state index < -0.39 is 0 Å². The Morgan fingerprint density at radius 3 is 3.00 bits per heavy atom. The summed E-state index contributed by atoms with van der Waals surface area (Å²) in [6.07, 6.45) is 5.72. The molecule has 1 N–H and O–H groups in total. The molecule has 0 atom stereocenters. The molecule has 4 rings (SSSR count). The number of hydrogen-bond donors (Lipinski definition) is 1. The topological polar surface area (TPSA) is 33.1 Å². The maximum absolute atomic E-state index is 4.80. The Bertz CT molecular complexity index is 898. The zero-order chi connectivity index (χ0) is 13.5. The Morgan fingerprint density at radius 1 is 1.20 bits per heavy atom. The van der Waals surface area contributed by atoms with Crippen LogP contribution in [-0.2, 0) is 6.42 Å². The molecular weight excluding hydrogens is 246 g/mol. The van der Waals surface area contributed by atoms with Crippen molar-refractivity contribution in [1.29, 1.82) is 0 Å². The second kappa shape index (κ2) is 4.37. The molecule has 0 aliphatic rings. The average molecular weight is 263 g/mol. The summed E-state index contributed by atoms with van der Waals surface area (Å²) in [4.78, 5) is 8.27. The van der Waals surface area contributed by atoms with Gasteiger partial charge < -0.3 is 4.98 Å². The van der Waals surface area contributed by atoms with Gasteiger partial charge in [0, 0.05) is 17.1 Å². The lowest BCUT2D eigenvalue weighted by molar-refractivity contribution is 0.794. The van der Waals surface area contributed by atoms with Gasteiger partial charge in [0.05, 0.1) is 0 Å². The second-order valence-corrected chi connectivity index (χ2v) is 5.35. The summed E-state index contributed by atoms with van der Waals surface area (Å²) in [6.45, 7) is 2.23. The standard InChI is InChI=1S/C17H17N3/c1-2-3-6-12-9-10-20-15(11-12)19-16-13-7-4-5-8-14(13)18-17(16)20/h4-5,7-11,18H,2-3,6H2,1H3. The molecule has 3 nitrogen and oxygen atoms in total. The number of unbranched alkanes of at least 4 members (excludes halogenated alkanes) is 1. The Morgan fingerprint density at radius 2 is 2.10 bits per heavy atom. The van der Waals surface area contributed by atoms with E-state index >= 15 is 0 Å². The van der Waals surface area contributed by atoms with Gasteiger partial charge in [0.1, 0.15) is 16.8 Å². The number of nitrogens with zero attached hydrogens (tertiary/aromatic N) is 2. The number of para-hydroxylation sites is 1. The lowest BCUT2D eigenvalue weighted by Crippen LogP contribution is -1.90. The van der Waals surface area contributed by atoms with E-state index in [0.29, 0.717) is 0 Å². The molecule has 3 aromatic heterocycles. The predicted molar refractivity (Wildman–Crippen MR) is 83.2 cm³/mol. The number of hydrogen-bond acceptors (Lipinski definition) is 1. The van der Waals surface area contributed by atoms with Gasteiger partial charge in [-0.1, -0.05) is 31.5 Å². The highest BCUT2D eigenvalue weighted by molar-refractivity contribution is 6.05. The molecule has 20 heavy (non-hydrogen) atoms. The van der Waals surface area contributed by atoms with E-state index in [-0.39, 0.29) is 0 Å². The zero-order valence-electron chi connectivity index (χ0n) is 11.6. The van der Waals surface area contributed by atoms with E-state index in [9.17, 15) is 0 Å². The van der Waals surface area contributed by atoms with Crippen LogP contribution in [0, 0.1) is 0 Å². The molecule has 0 saturated heterocycles. The second-order valence-electron chi connectivity index (χ2n) is 5.35. The van der Waals surface area contributed by atoms with Gasteiger partial charge >= 0.3 is 0 Å². The monoisotopic (exact) mass is 263 g/mol. The van der Waals surface area contributed by atoms with Crippen LogP contribution in [0.3, 0.4) is 0 Å². The quantitative estimate of drug-likeness (QED) is 0.587. The molecule has 3 heteroatoms. The van der Waals surface area contributed by atoms with Crippen molar-refractivity contribution in [1.82, 2.24) is 14.4 Å². The van der Waals surface area contributed by atoms with Gasteiger partial charge in [0.25, 0.3) is 0 Å². The van der Waals surface area contributed by atoms with Crippen molar-refractivity contribution in [3.63, 3.8) is 0 Å². The van der Waals surface area contributed by atoms with Crippen LogP contribution in [0.1, 0.15) is 25.3 Å². The number of rotatable bonds is 3. The number of benzene rings is 1. The number of imidazole rings is 1. The minimum Gasteiger partial charge on any atom is -0.339 e. The van der Waals surface area contributed by atoms with Gasteiger partial charge in [-0.2, -0.15) is 0 Å². The molecule has 4 aromatic rings. The number of aromatic amines is 1. The molecular formula is C17H17N3. The summed E-state index contributed by atoms with van der Waals surface area (Å²) in [7, 11) is 0. The summed E-state index contributed by atoms with van der Waals surface area (Å²) < 4.78 is 2.14. The Balaban J connectivity index is 1.95. The van der Waals surface area contributed by atoms with Crippen LogP contribution in [-0.4, -0.2) is 14.4 Å². The first kappa shape index (κ1) is 11.5. The molecule has 0 bridgehead atoms. The zero-order valence-corrected chi connectivity index (χ0v) is 11.6. The lowest BCUT2D eigenvalue weighted by atomic mass is 10.1. The van der Waals surface area contributed by atoms with E-state index in [0.717, 1.165) is 28.7 Å². The van der Waals surface area contributed by atoms with Crippen molar-refractivity contribution in [2.45, 2.75) is 26.2 Å². The van der Waals surface area contributed by atoms with Crippen LogP contribution in [0.5, 0.6) is 0 Å². The lowest BCUT2D eigenvalue weighted by Gasteiger charge is -2.00. The molecule has 0 amide bonds. The summed E-state index contributed by atoms with van der Waals surface area (Å²) in [5, 5.41) is 1.20. The van der Waals surface area contributed by atoms with Gasteiger partial charge in [0.15, 0.2) is 0 Å². The normalized spacial score (nSPS) is 11.8. The van der Waals surface area contributed by atoms with Crippen LogP contribution in [0.25, 0.3) is 27.7 Å². The van der Waals surface area contributed by atoms with E-state index in [4.69, 9.17) is 4.98 Å². The molecule has 0 aliphatic carbocycles. The Hall–Kier alpha value is -2.29. The Kier molecular flexibility index (Phi) is 2.52. The predicted octanol–water partition coefficient (Wildman–Crippen LogP) is 4.31. The first-order valence-electron chi connectivity index (χ1n) is 7.24. The fourth-order valence-corrected chi connectivity index (χ4v) is 2.86. The van der Waals surface area contributed by atoms with Gasteiger partial charge in [-0.3, -0.25) is 4.40 Å². The van der Waals surface area contributed by atoms with Crippen LogP contribution < -0.4 is 0 Å². The van der Waals surface area contributed by atoms with Crippen LogP contribution in [0.2, 0.25) is 0 Å². The number of aromatic nitrogens is 3. The Labute approximate surface area is 117 Å². The number of fused-ring (bicyclic) bond motifs is 5.